The summed E-state index contributed by atoms with van der Waals surface area (Å²) in [4.78, 5) is 10.8. The quantitative estimate of drug-likeness (QED) is 0.165. The molecule has 0 aliphatic carbocycles. The van der Waals surface area contributed by atoms with E-state index in [0.717, 1.165) is 94.7 Å². The first-order chi connectivity index (χ1) is 35.5. The van der Waals surface area contributed by atoms with Crippen molar-refractivity contribution in [3.8, 4) is 89.7 Å². The van der Waals surface area contributed by atoms with E-state index in [2.05, 4.69) is 245 Å². The number of benzene rings is 8. The molecule has 4 heteroatoms. The summed E-state index contributed by atoms with van der Waals surface area (Å²) in [5, 5.41) is 12.7. The standard InChI is InChI=1S/C70H69N3O/c1-67(2,3)54-32-30-49(31-33-54)58-42-55(68(4,5)6)34-35-62(58)73-63-25-19-24-57(64(63)72-66(73)59-43-56(69(7,8)9)44-60(65(59)74)70(10,11)12)52-38-51(46-22-17-14-18-23-46)39-53(40-52)61-41-50(36-37-71-61)48-28-26-47(27-29-48)45-20-15-13-16-21-45/h13-44,74H,1-12H3/i13D. The number of para-hydroxylation sites is 1. The molecule has 0 atom stereocenters. The van der Waals surface area contributed by atoms with E-state index in [-0.39, 0.29) is 27.4 Å². The van der Waals surface area contributed by atoms with Gasteiger partial charge in [-0.1, -0.05) is 217 Å². The fourth-order valence-corrected chi connectivity index (χ4v) is 10.1. The van der Waals surface area contributed by atoms with Crippen LogP contribution in [0.5, 0.6) is 5.75 Å². The number of phenols is 1. The zero-order valence-corrected chi connectivity index (χ0v) is 45.2. The highest BCUT2D eigenvalue weighted by Gasteiger charge is 2.30. The van der Waals surface area contributed by atoms with E-state index in [9.17, 15) is 5.11 Å². The van der Waals surface area contributed by atoms with Crippen LogP contribution in [0.1, 0.15) is 107 Å². The Morgan fingerprint density at radius 2 is 0.959 bits per heavy atom. The van der Waals surface area contributed by atoms with Crippen LogP contribution in [0, 0.1) is 0 Å². The second kappa shape index (κ2) is 18.9. The number of hydrogen-bond acceptors (Lipinski definition) is 3. The molecular weight excluding hydrogens is 899 g/mol. The molecule has 0 aliphatic heterocycles. The molecule has 0 radical (unpaired) electrons. The SMILES string of the molecule is [2H]c1ccc(-c2ccc(-c3ccnc(-c4cc(-c5ccccc5)cc(-c5cccc6c5nc(-c5cc(C(C)(C)C)cc(C(C)(C)C)c5O)n6-c5ccc(C(C)(C)C)cc5-c5ccc(C(C)(C)C)cc5)c4)c3)cc2)cc1. The van der Waals surface area contributed by atoms with Gasteiger partial charge in [-0.05, 0) is 137 Å². The average Bonchev–Trinajstić information content (AvgIpc) is 3.78. The normalized spacial score (nSPS) is 12.6. The summed E-state index contributed by atoms with van der Waals surface area (Å²) in [6, 6.07) is 65.1. The lowest BCUT2D eigenvalue weighted by Gasteiger charge is -2.28. The summed E-state index contributed by atoms with van der Waals surface area (Å²) in [5.74, 6) is 0.920. The highest BCUT2D eigenvalue weighted by Crippen LogP contribution is 2.46. The van der Waals surface area contributed by atoms with Gasteiger partial charge in [0.15, 0.2) is 0 Å². The van der Waals surface area contributed by atoms with Gasteiger partial charge in [0.2, 0.25) is 0 Å². The van der Waals surface area contributed by atoms with Crippen LogP contribution in [0.15, 0.2) is 194 Å². The number of rotatable bonds is 8. The van der Waals surface area contributed by atoms with Crippen LogP contribution in [0.3, 0.4) is 0 Å². The number of imidazole rings is 1. The van der Waals surface area contributed by atoms with Crippen molar-refractivity contribution in [2.24, 2.45) is 0 Å². The molecule has 74 heavy (non-hydrogen) atoms. The molecule has 2 heterocycles. The van der Waals surface area contributed by atoms with Crippen molar-refractivity contribution in [2.75, 3.05) is 0 Å². The van der Waals surface area contributed by atoms with Gasteiger partial charge in [-0.25, -0.2) is 4.98 Å². The third-order valence-electron chi connectivity index (χ3n) is 14.6. The van der Waals surface area contributed by atoms with Gasteiger partial charge in [-0.15, -0.1) is 0 Å². The monoisotopic (exact) mass is 969 g/mol. The summed E-state index contributed by atoms with van der Waals surface area (Å²) >= 11 is 0. The summed E-state index contributed by atoms with van der Waals surface area (Å²) in [6.45, 7) is 26.8. The van der Waals surface area contributed by atoms with Gasteiger partial charge in [0.05, 0.1) is 29.3 Å². The van der Waals surface area contributed by atoms with Crippen molar-refractivity contribution in [2.45, 2.75) is 105 Å². The lowest BCUT2D eigenvalue weighted by atomic mass is 9.79. The Balaban J connectivity index is 1.22. The molecule has 2 aromatic heterocycles. The summed E-state index contributed by atoms with van der Waals surface area (Å²) in [5.41, 5.74) is 19.8. The minimum absolute atomic E-state index is 0.000315. The molecular formula is C70H69N3O. The number of aromatic nitrogens is 3. The lowest BCUT2D eigenvalue weighted by Crippen LogP contribution is -2.17. The molecule has 8 aromatic carbocycles. The molecule has 0 fully saturated rings. The van der Waals surface area contributed by atoms with Crippen molar-refractivity contribution in [1.29, 1.82) is 0 Å². The van der Waals surface area contributed by atoms with Crippen LogP contribution in [0.4, 0.5) is 0 Å². The maximum Gasteiger partial charge on any atom is 0.149 e. The zero-order valence-electron chi connectivity index (χ0n) is 46.2. The van der Waals surface area contributed by atoms with E-state index in [1.807, 2.05) is 30.5 Å². The van der Waals surface area contributed by atoms with Crippen molar-refractivity contribution in [3.63, 3.8) is 0 Å². The van der Waals surface area contributed by atoms with Gasteiger partial charge in [0.1, 0.15) is 11.6 Å². The molecule has 0 bridgehead atoms. The van der Waals surface area contributed by atoms with Crippen LogP contribution in [0.2, 0.25) is 0 Å². The van der Waals surface area contributed by atoms with E-state index in [1.54, 1.807) is 0 Å². The third kappa shape index (κ3) is 9.86. The van der Waals surface area contributed by atoms with Crippen molar-refractivity contribution in [3.05, 3.63) is 216 Å². The van der Waals surface area contributed by atoms with Gasteiger partial charge in [0, 0.05) is 28.5 Å². The number of nitrogens with zero attached hydrogens (tertiary/aromatic N) is 3. The first-order valence-electron chi connectivity index (χ1n) is 26.5. The van der Waals surface area contributed by atoms with Crippen molar-refractivity contribution in [1.82, 2.24) is 14.5 Å². The first kappa shape index (κ1) is 48.4. The lowest BCUT2D eigenvalue weighted by molar-refractivity contribution is 0.446. The van der Waals surface area contributed by atoms with E-state index < -0.39 is 0 Å². The Kier molecular flexibility index (Phi) is 12.4. The molecule has 370 valence electrons. The molecule has 0 spiro atoms. The Morgan fingerprint density at radius 1 is 0.405 bits per heavy atom. The molecule has 10 aromatic rings. The predicted octanol–water partition coefficient (Wildman–Crippen LogP) is 19.0. The molecule has 1 N–H and O–H groups in total. The molecule has 0 aliphatic rings. The Morgan fingerprint density at radius 3 is 1.61 bits per heavy atom. The minimum atomic E-state index is -0.352. The molecule has 4 nitrogen and oxygen atoms in total. The highest BCUT2D eigenvalue weighted by atomic mass is 16.3. The molecule has 0 saturated heterocycles. The largest absolute Gasteiger partial charge is 0.507 e. The van der Waals surface area contributed by atoms with Crippen LogP contribution >= 0.6 is 0 Å². The molecule has 0 saturated carbocycles. The smallest absolute Gasteiger partial charge is 0.149 e. The maximum atomic E-state index is 12.7. The predicted molar refractivity (Wildman–Crippen MR) is 313 cm³/mol. The Labute approximate surface area is 440 Å². The van der Waals surface area contributed by atoms with Crippen LogP contribution in [-0.2, 0) is 21.7 Å². The Bertz CT molecular complexity index is 3720. The fourth-order valence-electron chi connectivity index (χ4n) is 10.1. The van der Waals surface area contributed by atoms with Crippen molar-refractivity contribution < 1.29 is 6.48 Å². The number of hydrogen-bond donors (Lipinski definition) is 1. The van der Waals surface area contributed by atoms with Crippen LogP contribution < -0.4 is 0 Å². The second-order valence-electron chi connectivity index (χ2n) is 24.1. The fraction of sp³-hybridized carbons (Fsp3) is 0.229. The van der Waals surface area contributed by atoms with Crippen LogP contribution in [0.25, 0.3) is 95.0 Å². The molecule has 10 rings (SSSR count). The molecule has 0 unspecified atom stereocenters. The van der Waals surface area contributed by atoms with Gasteiger partial charge in [-0.2, -0.15) is 0 Å². The highest BCUT2D eigenvalue weighted by molar-refractivity contribution is 5.98. The summed E-state index contributed by atoms with van der Waals surface area (Å²) < 4.78 is 10.2. The topological polar surface area (TPSA) is 50.9 Å². The van der Waals surface area contributed by atoms with Crippen LogP contribution in [-0.4, -0.2) is 19.6 Å². The van der Waals surface area contributed by atoms with Crippen molar-refractivity contribution >= 4 is 11.0 Å². The number of fused-ring (bicyclic) bond motifs is 1. The van der Waals surface area contributed by atoms with Gasteiger partial charge in [0.25, 0.3) is 0 Å². The second-order valence-corrected chi connectivity index (χ2v) is 24.1. The summed E-state index contributed by atoms with van der Waals surface area (Å²) in [7, 11) is 0. The zero-order chi connectivity index (χ0) is 53.2. The average molecular weight is 969 g/mol. The van der Waals surface area contributed by atoms with E-state index in [1.165, 1.54) is 11.1 Å². The van der Waals surface area contributed by atoms with E-state index in [0.29, 0.717) is 17.4 Å². The number of pyridine rings is 1. The maximum absolute atomic E-state index is 12.7. The van der Waals surface area contributed by atoms with Gasteiger partial charge in [-0.3, -0.25) is 9.55 Å². The van der Waals surface area contributed by atoms with Gasteiger partial charge < -0.3 is 5.11 Å². The summed E-state index contributed by atoms with van der Waals surface area (Å²) in [6.07, 6.45) is 1.90. The van der Waals surface area contributed by atoms with E-state index in [4.69, 9.17) is 11.3 Å². The van der Waals surface area contributed by atoms with Gasteiger partial charge >= 0.3 is 0 Å². The minimum Gasteiger partial charge on any atom is -0.507 e. The molecule has 0 amide bonds. The number of phenolic OH excluding ortho intramolecular Hbond substituents is 1. The first-order valence-corrected chi connectivity index (χ1v) is 26.0. The van der Waals surface area contributed by atoms with E-state index >= 15 is 0 Å². The Hall–Kier alpha value is -7.82. The number of aromatic hydroxyl groups is 1. The third-order valence-corrected chi connectivity index (χ3v) is 14.6.